The summed E-state index contributed by atoms with van der Waals surface area (Å²) in [7, 11) is 3.28. The highest BCUT2D eigenvalue weighted by Crippen LogP contribution is 2.39. The Labute approximate surface area is 189 Å². The van der Waals surface area contributed by atoms with Gasteiger partial charge in [-0.3, -0.25) is 9.69 Å². The molecule has 170 valence electrons. The molecule has 2 aromatic carbocycles. The quantitative estimate of drug-likeness (QED) is 0.694. The fourth-order valence-corrected chi connectivity index (χ4v) is 4.31. The van der Waals surface area contributed by atoms with Crippen molar-refractivity contribution in [3.8, 4) is 11.5 Å². The second-order valence-corrected chi connectivity index (χ2v) is 8.32. The van der Waals surface area contributed by atoms with Gasteiger partial charge < -0.3 is 14.2 Å². The van der Waals surface area contributed by atoms with Crippen molar-refractivity contribution < 1.29 is 19.0 Å². The topological polar surface area (TPSA) is 63.6 Å². The summed E-state index contributed by atoms with van der Waals surface area (Å²) in [5, 5.41) is 6.50. The lowest BCUT2D eigenvalue weighted by atomic mass is 9.94. The van der Waals surface area contributed by atoms with Crippen LogP contribution in [-0.2, 0) is 9.53 Å². The molecule has 0 N–H and O–H groups in total. The molecule has 32 heavy (non-hydrogen) atoms. The first-order valence-electron chi connectivity index (χ1n) is 11.0. The smallest absolute Gasteiger partial charge is 0.257 e. The van der Waals surface area contributed by atoms with Gasteiger partial charge in [-0.2, -0.15) is 5.10 Å². The van der Waals surface area contributed by atoms with Crippen LogP contribution in [0.1, 0.15) is 34.7 Å². The van der Waals surface area contributed by atoms with Crippen molar-refractivity contribution in [3.05, 3.63) is 58.7 Å². The van der Waals surface area contributed by atoms with Crippen LogP contribution in [0.15, 0.2) is 41.5 Å². The first kappa shape index (κ1) is 22.3. The van der Waals surface area contributed by atoms with Gasteiger partial charge in [-0.25, -0.2) is 5.01 Å². The van der Waals surface area contributed by atoms with Crippen LogP contribution in [-0.4, -0.2) is 68.6 Å². The number of hydrogen-bond donors (Lipinski definition) is 0. The van der Waals surface area contributed by atoms with E-state index < -0.39 is 0 Å². The predicted molar refractivity (Wildman–Crippen MR) is 123 cm³/mol. The molecule has 4 rings (SSSR count). The van der Waals surface area contributed by atoms with Crippen LogP contribution in [0, 0.1) is 13.8 Å². The molecule has 1 atom stereocenters. The van der Waals surface area contributed by atoms with Crippen LogP contribution in [0.4, 0.5) is 0 Å². The fourth-order valence-electron chi connectivity index (χ4n) is 4.31. The molecule has 0 aromatic heterocycles. The second kappa shape index (κ2) is 9.71. The van der Waals surface area contributed by atoms with Gasteiger partial charge in [0.05, 0.1) is 45.7 Å². The van der Waals surface area contributed by atoms with E-state index in [1.54, 1.807) is 19.2 Å². The van der Waals surface area contributed by atoms with Gasteiger partial charge in [0.25, 0.3) is 5.91 Å². The van der Waals surface area contributed by atoms with Gasteiger partial charge in [0, 0.05) is 30.6 Å². The highest BCUT2D eigenvalue weighted by atomic mass is 16.5. The molecule has 0 aliphatic carbocycles. The number of hydrogen-bond acceptors (Lipinski definition) is 6. The number of aryl methyl sites for hydroxylation is 2. The third-order valence-corrected chi connectivity index (χ3v) is 6.13. The number of benzene rings is 2. The molecule has 0 spiro atoms. The molecule has 1 fully saturated rings. The number of carbonyl (C=O) groups is 1. The Bertz CT molecular complexity index is 1010. The van der Waals surface area contributed by atoms with E-state index in [1.165, 1.54) is 5.56 Å². The number of carbonyl (C=O) groups excluding carboxylic acids is 1. The van der Waals surface area contributed by atoms with Gasteiger partial charge in [-0.1, -0.05) is 17.7 Å². The molecule has 1 saturated heterocycles. The van der Waals surface area contributed by atoms with Crippen LogP contribution >= 0.6 is 0 Å². The predicted octanol–water partition coefficient (Wildman–Crippen LogP) is 3.33. The Hall–Kier alpha value is -2.90. The lowest BCUT2D eigenvalue weighted by Gasteiger charge is -2.29. The van der Waals surface area contributed by atoms with E-state index >= 15 is 0 Å². The maximum absolute atomic E-state index is 13.4. The van der Waals surface area contributed by atoms with Gasteiger partial charge in [0.2, 0.25) is 0 Å². The zero-order valence-electron chi connectivity index (χ0n) is 19.3. The molecular weight excluding hydrogens is 406 g/mol. The largest absolute Gasteiger partial charge is 0.497 e. The summed E-state index contributed by atoms with van der Waals surface area (Å²) < 4.78 is 16.5. The number of rotatable bonds is 6. The van der Waals surface area contributed by atoms with Crippen LogP contribution < -0.4 is 9.47 Å². The minimum Gasteiger partial charge on any atom is -0.497 e. The summed E-state index contributed by atoms with van der Waals surface area (Å²) in [4.78, 5) is 15.6. The highest BCUT2D eigenvalue weighted by molar-refractivity contribution is 6.04. The molecule has 0 radical (unpaired) electrons. The third kappa shape index (κ3) is 4.64. The van der Waals surface area contributed by atoms with Crippen LogP contribution in [0.5, 0.6) is 11.5 Å². The summed E-state index contributed by atoms with van der Waals surface area (Å²) in [5.41, 5.74) is 5.20. The summed E-state index contributed by atoms with van der Waals surface area (Å²) >= 11 is 0. The molecule has 2 aliphatic rings. The van der Waals surface area contributed by atoms with Gasteiger partial charge in [0.1, 0.15) is 11.5 Å². The number of morpholine rings is 1. The molecule has 2 aromatic rings. The van der Waals surface area contributed by atoms with Gasteiger partial charge >= 0.3 is 0 Å². The van der Waals surface area contributed by atoms with Gasteiger partial charge in [0.15, 0.2) is 0 Å². The lowest BCUT2D eigenvalue weighted by Crippen LogP contribution is -2.43. The van der Waals surface area contributed by atoms with Crippen LogP contribution in [0.3, 0.4) is 0 Å². The Morgan fingerprint density at radius 1 is 1.09 bits per heavy atom. The molecule has 0 saturated carbocycles. The van der Waals surface area contributed by atoms with Gasteiger partial charge in [-0.05, 0) is 43.7 Å². The fraction of sp³-hybridized carbons (Fsp3) is 0.440. The van der Waals surface area contributed by atoms with E-state index in [-0.39, 0.29) is 11.9 Å². The van der Waals surface area contributed by atoms with Crippen molar-refractivity contribution in [3.63, 3.8) is 0 Å². The zero-order chi connectivity index (χ0) is 22.7. The second-order valence-electron chi connectivity index (χ2n) is 8.32. The first-order valence-corrected chi connectivity index (χ1v) is 11.0. The summed E-state index contributed by atoms with van der Waals surface area (Å²) in [6, 6.07) is 11.8. The van der Waals surface area contributed by atoms with Crippen LogP contribution in [0.2, 0.25) is 0 Å². The highest BCUT2D eigenvalue weighted by Gasteiger charge is 2.36. The minimum atomic E-state index is -0.261. The SMILES string of the molecule is COc1ccc(OC)c(C2CC(c3cc(C)ccc3C)=NN2C(=O)CN2CCOCC2)c1. The number of methoxy groups -OCH3 is 2. The van der Waals surface area contributed by atoms with Crippen molar-refractivity contribution in [2.24, 2.45) is 5.10 Å². The van der Waals surface area contributed by atoms with E-state index in [1.807, 2.05) is 18.2 Å². The average Bonchev–Trinajstić information content (AvgIpc) is 3.26. The summed E-state index contributed by atoms with van der Waals surface area (Å²) in [6.45, 7) is 7.27. The van der Waals surface area contributed by atoms with Crippen molar-refractivity contribution in [2.75, 3.05) is 47.1 Å². The van der Waals surface area contributed by atoms with Crippen molar-refractivity contribution >= 4 is 11.6 Å². The van der Waals surface area contributed by atoms with Crippen LogP contribution in [0.25, 0.3) is 0 Å². The molecule has 2 heterocycles. The zero-order valence-corrected chi connectivity index (χ0v) is 19.3. The Morgan fingerprint density at radius 2 is 1.88 bits per heavy atom. The monoisotopic (exact) mass is 437 g/mol. The van der Waals surface area contributed by atoms with E-state index in [9.17, 15) is 4.79 Å². The number of amides is 1. The molecule has 2 aliphatic heterocycles. The summed E-state index contributed by atoms with van der Waals surface area (Å²) in [6.07, 6.45) is 0.614. The Balaban J connectivity index is 1.71. The van der Waals surface area contributed by atoms with E-state index in [0.717, 1.165) is 47.0 Å². The van der Waals surface area contributed by atoms with E-state index in [0.29, 0.717) is 26.2 Å². The Morgan fingerprint density at radius 3 is 2.59 bits per heavy atom. The molecular formula is C25H31N3O4. The lowest BCUT2D eigenvalue weighted by molar-refractivity contribution is -0.135. The number of nitrogens with zero attached hydrogens (tertiary/aromatic N) is 3. The molecule has 1 amide bonds. The molecule has 1 unspecified atom stereocenters. The minimum absolute atomic E-state index is 0.0259. The standard InChI is InChI=1S/C25H31N3O4/c1-17-5-6-18(2)20(13-17)22-15-23(21-14-19(30-3)7-8-24(21)31-4)28(26-22)25(29)16-27-9-11-32-12-10-27/h5-8,13-14,23H,9-12,15-16H2,1-4H3. The normalized spacial score (nSPS) is 19.1. The van der Waals surface area contributed by atoms with Crippen molar-refractivity contribution in [1.82, 2.24) is 9.91 Å². The first-order chi connectivity index (χ1) is 15.5. The van der Waals surface area contributed by atoms with Crippen molar-refractivity contribution in [2.45, 2.75) is 26.3 Å². The maximum atomic E-state index is 13.4. The molecule has 7 heteroatoms. The van der Waals surface area contributed by atoms with Crippen molar-refractivity contribution in [1.29, 1.82) is 0 Å². The maximum Gasteiger partial charge on any atom is 0.257 e. The van der Waals surface area contributed by atoms with E-state index in [4.69, 9.17) is 19.3 Å². The Kier molecular flexibility index (Phi) is 6.77. The molecule has 0 bridgehead atoms. The number of hydrazone groups is 1. The molecule has 7 nitrogen and oxygen atoms in total. The van der Waals surface area contributed by atoms with Gasteiger partial charge in [-0.15, -0.1) is 0 Å². The van der Waals surface area contributed by atoms with E-state index in [2.05, 4.69) is 36.9 Å². The average molecular weight is 438 g/mol. The third-order valence-electron chi connectivity index (χ3n) is 6.13. The summed E-state index contributed by atoms with van der Waals surface area (Å²) in [5.74, 6) is 1.42. The number of ether oxygens (including phenoxy) is 3.